The Morgan fingerprint density at radius 2 is 1.69 bits per heavy atom. The molecule has 0 unspecified atom stereocenters. The molecule has 3 N–H and O–H groups in total. The third-order valence-corrected chi connectivity index (χ3v) is 4.06. The Morgan fingerprint density at radius 1 is 1.12 bits per heavy atom. The lowest BCUT2D eigenvalue weighted by atomic mass is 9.79. The van der Waals surface area contributed by atoms with Crippen LogP contribution in [0.25, 0.3) is 0 Å². The molecule has 2 amide bonds. The fraction of sp³-hybridized carbons (Fsp3) is 0.588. The summed E-state index contributed by atoms with van der Waals surface area (Å²) in [5.74, 6) is -1.93. The van der Waals surface area contributed by atoms with Crippen LogP contribution in [0.2, 0.25) is 0 Å². The number of alkyl halides is 3. The summed E-state index contributed by atoms with van der Waals surface area (Å²) in [4.78, 5) is 27.6. The van der Waals surface area contributed by atoms with Crippen molar-refractivity contribution in [2.24, 2.45) is 0 Å². The van der Waals surface area contributed by atoms with Crippen LogP contribution in [-0.4, -0.2) is 33.9 Å². The molecule has 0 radical (unpaired) electrons. The zero-order chi connectivity index (χ0) is 19.8. The number of hydrogen-bond acceptors (Lipinski definition) is 4. The van der Waals surface area contributed by atoms with E-state index >= 15 is 0 Å². The number of hydrogen-bond donors (Lipinski definition) is 3. The van der Waals surface area contributed by atoms with Crippen LogP contribution in [0.5, 0.6) is 0 Å². The second-order valence-corrected chi connectivity index (χ2v) is 7.86. The molecule has 0 saturated carbocycles. The fourth-order valence-electron chi connectivity index (χ4n) is 3.48. The summed E-state index contributed by atoms with van der Waals surface area (Å²) in [6.45, 7) is 8.05. The van der Waals surface area contributed by atoms with Crippen LogP contribution in [0.4, 0.5) is 19.0 Å². The summed E-state index contributed by atoms with van der Waals surface area (Å²) in [5.41, 5.74) is -1.34. The van der Waals surface area contributed by atoms with Crippen molar-refractivity contribution in [1.29, 1.82) is 0 Å². The second-order valence-electron chi connectivity index (χ2n) is 7.86. The quantitative estimate of drug-likeness (QED) is 0.697. The molecule has 2 rings (SSSR count). The van der Waals surface area contributed by atoms with E-state index in [0.29, 0.717) is 19.0 Å². The van der Waals surface area contributed by atoms with Gasteiger partial charge in [0, 0.05) is 23.3 Å². The van der Waals surface area contributed by atoms with E-state index in [9.17, 15) is 22.8 Å². The molecule has 144 valence electrons. The van der Waals surface area contributed by atoms with Crippen molar-refractivity contribution in [3.8, 4) is 0 Å². The zero-order valence-electron chi connectivity index (χ0n) is 15.1. The average Bonchev–Trinajstić information content (AvgIpc) is 2.43. The lowest BCUT2D eigenvalue weighted by Crippen LogP contribution is -2.62. The highest BCUT2D eigenvalue weighted by Crippen LogP contribution is 2.29. The van der Waals surface area contributed by atoms with Gasteiger partial charge in [0.2, 0.25) is 0 Å². The Morgan fingerprint density at radius 3 is 2.15 bits per heavy atom. The Labute approximate surface area is 149 Å². The molecule has 0 aromatic carbocycles. The minimum atomic E-state index is -4.51. The van der Waals surface area contributed by atoms with Gasteiger partial charge in [0.05, 0.1) is 5.56 Å². The number of carbonyl (C=O) groups is 2. The molecule has 0 bridgehead atoms. The molecule has 1 aromatic rings. The Kier molecular flexibility index (Phi) is 5.32. The molecule has 1 aromatic heterocycles. The highest BCUT2D eigenvalue weighted by molar-refractivity contribution is 6.39. The first kappa shape index (κ1) is 20.2. The Hall–Kier alpha value is -2.16. The summed E-state index contributed by atoms with van der Waals surface area (Å²) in [7, 11) is 0. The summed E-state index contributed by atoms with van der Waals surface area (Å²) in [6.07, 6.45) is -2.62. The molecule has 0 atom stereocenters. The maximum atomic E-state index is 12.5. The molecule has 1 aliphatic heterocycles. The standard InChI is InChI=1S/C17H23F3N4O2/c1-15(2)7-11(8-16(3,4)24-15)22-13(25)14(26)23-12-6-5-10(9-21-12)17(18,19)20/h5-6,9,11,24H,7-8H2,1-4H3,(H,22,25)(H,21,23,26). The van der Waals surface area contributed by atoms with Gasteiger partial charge < -0.3 is 16.0 Å². The number of nitrogens with zero attached hydrogens (tertiary/aromatic N) is 1. The Bertz CT molecular complexity index is 668. The minimum absolute atomic E-state index is 0.121. The number of carbonyl (C=O) groups excluding carboxylic acids is 2. The van der Waals surface area contributed by atoms with Crippen LogP contribution in [0.15, 0.2) is 18.3 Å². The van der Waals surface area contributed by atoms with E-state index in [1.807, 2.05) is 27.7 Å². The second kappa shape index (κ2) is 6.86. The van der Waals surface area contributed by atoms with E-state index in [1.54, 1.807) is 0 Å². The Balaban J connectivity index is 1.96. The topological polar surface area (TPSA) is 83.1 Å². The molecule has 0 spiro atoms. The number of aromatic nitrogens is 1. The molecule has 1 saturated heterocycles. The maximum absolute atomic E-state index is 12.5. The van der Waals surface area contributed by atoms with Gasteiger partial charge in [0.15, 0.2) is 0 Å². The van der Waals surface area contributed by atoms with Gasteiger partial charge >= 0.3 is 18.0 Å². The number of anilines is 1. The van der Waals surface area contributed by atoms with Gasteiger partial charge in [-0.25, -0.2) is 4.98 Å². The van der Waals surface area contributed by atoms with E-state index in [0.717, 1.165) is 12.1 Å². The zero-order valence-corrected chi connectivity index (χ0v) is 15.1. The largest absolute Gasteiger partial charge is 0.417 e. The summed E-state index contributed by atoms with van der Waals surface area (Å²) in [6, 6.07) is 1.60. The third kappa shape index (κ3) is 5.42. The van der Waals surface area contributed by atoms with Gasteiger partial charge in [0.1, 0.15) is 5.82 Å². The molecule has 1 fully saturated rings. The highest BCUT2D eigenvalue weighted by atomic mass is 19.4. The van der Waals surface area contributed by atoms with Crippen molar-refractivity contribution >= 4 is 17.6 Å². The number of nitrogens with one attached hydrogen (secondary N) is 3. The number of pyridine rings is 1. The van der Waals surface area contributed by atoms with Crippen molar-refractivity contribution < 1.29 is 22.8 Å². The van der Waals surface area contributed by atoms with E-state index in [4.69, 9.17) is 0 Å². The summed E-state index contributed by atoms with van der Waals surface area (Å²) >= 11 is 0. The first-order chi connectivity index (χ1) is 11.8. The number of rotatable bonds is 2. The van der Waals surface area contributed by atoms with Crippen LogP contribution in [0.3, 0.4) is 0 Å². The first-order valence-corrected chi connectivity index (χ1v) is 8.22. The van der Waals surface area contributed by atoms with Crippen LogP contribution in [0.1, 0.15) is 46.1 Å². The van der Waals surface area contributed by atoms with E-state index in [-0.39, 0.29) is 22.9 Å². The van der Waals surface area contributed by atoms with E-state index in [2.05, 4.69) is 20.9 Å². The van der Waals surface area contributed by atoms with Gasteiger partial charge in [-0.05, 0) is 52.7 Å². The number of halogens is 3. The molecule has 26 heavy (non-hydrogen) atoms. The molecule has 6 nitrogen and oxygen atoms in total. The highest BCUT2D eigenvalue weighted by Gasteiger charge is 2.38. The molecule has 9 heteroatoms. The van der Waals surface area contributed by atoms with Crippen LogP contribution >= 0.6 is 0 Å². The lowest BCUT2D eigenvalue weighted by molar-refractivity contribution is -0.138. The van der Waals surface area contributed by atoms with Gasteiger partial charge in [-0.3, -0.25) is 9.59 Å². The van der Waals surface area contributed by atoms with E-state index < -0.39 is 23.6 Å². The monoisotopic (exact) mass is 372 g/mol. The van der Waals surface area contributed by atoms with Crippen molar-refractivity contribution in [1.82, 2.24) is 15.6 Å². The lowest BCUT2D eigenvalue weighted by Gasteiger charge is -2.46. The number of amides is 2. The summed E-state index contributed by atoms with van der Waals surface area (Å²) < 4.78 is 37.5. The van der Waals surface area contributed by atoms with Crippen LogP contribution in [-0.2, 0) is 15.8 Å². The molecule has 2 heterocycles. The maximum Gasteiger partial charge on any atom is 0.417 e. The first-order valence-electron chi connectivity index (χ1n) is 8.22. The molecular weight excluding hydrogens is 349 g/mol. The average molecular weight is 372 g/mol. The van der Waals surface area contributed by atoms with Gasteiger partial charge in [-0.1, -0.05) is 0 Å². The fourth-order valence-corrected chi connectivity index (χ4v) is 3.48. The van der Waals surface area contributed by atoms with Gasteiger partial charge in [0.25, 0.3) is 0 Å². The van der Waals surface area contributed by atoms with Crippen molar-refractivity contribution in [3.05, 3.63) is 23.9 Å². The predicted molar refractivity (Wildman–Crippen MR) is 90.3 cm³/mol. The normalized spacial score (nSPS) is 19.7. The molecule has 1 aliphatic rings. The predicted octanol–water partition coefficient (Wildman–Crippen LogP) is 2.46. The van der Waals surface area contributed by atoms with Crippen molar-refractivity contribution in [2.75, 3.05) is 5.32 Å². The molecule has 0 aliphatic carbocycles. The minimum Gasteiger partial charge on any atom is -0.345 e. The molecular formula is C17H23F3N4O2. The van der Waals surface area contributed by atoms with Crippen LogP contribution < -0.4 is 16.0 Å². The summed E-state index contributed by atoms with van der Waals surface area (Å²) in [5, 5.41) is 8.36. The van der Waals surface area contributed by atoms with Crippen LogP contribution in [0, 0.1) is 0 Å². The van der Waals surface area contributed by atoms with Gasteiger partial charge in [-0.2, -0.15) is 13.2 Å². The number of piperidine rings is 1. The van der Waals surface area contributed by atoms with Crippen molar-refractivity contribution in [2.45, 2.75) is 63.8 Å². The SMILES string of the molecule is CC1(C)CC(NC(=O)C(=O)Nc2ccc(C(F)(F)F)cn2)CC(C)(C)N1. The smallest absolute Gasteiger partial charge is 0.345 e. The van der Waals surface area contributed by atoms with E-state index in [1.165, 1.54) is 0 Å². The third-order valence-electron chi connectivity index (χ3n) is 4.06. The van der Waals surface area contributed by atoms with Gasteiger partial charge in [-0.15, -0.1) is 0 Å². The van der Waals surface area contributed by atoms with Crippen molar-refractivity contribution in [3.63, 3.8) is 0 Å².